The van der Waals surface area contributed by atoms with E-state index in [9.17, 15) is 20.2 Å². The minimum Gasteiger partial charge on any atom is -0.493 e. The van der Waals surface area contributed by atoms with E-state index < -0.39 is 10.7 Å². The van der Waals surface area contributed by atoms with Crippen molar-refractivity contribution < 1.29 is 19.2 Å². The van der Waals surface area contributed by atoms with Crippen LogP contribution in [0.1, 0.15) is 15.9 Å². The molecule has 0 radical (unpaired) electrons. The van der Waals surface area contributed by atoms with Crippen LogP contribution in [-0.2, 0) is 0 Å². The van der Waals surface area contributed by atoms with Crippen molar-refractivity contribution in [3.63, 3.8) is 0 Å². The van der Waals surface area contributed by atoms with E-state index in [4.69, 9.17) is 15.9 Å². The second-order valence-corrected chi connectivity index (χ2v) is 5.21. The van der Waals surface area contributed by atoms with E-state index in [-0.39, 0.29) is 23.4 Å². The molecule has 2 aromatic carbocycles. The van der Waals surface area contributed by atoms with Gasteiger partial charge in [0.25, 0.3) is 5.69 Å². The van der Waals surface area contributed by atoms with Crippen LogP contribution in [0.5, 0.6) is 11.5 Å². The molecule has 27 heavy (non-hydrogen) atoms. The maximum Gasteiger partial charge on any atom is 0.270 e. The van der Waals surface area contributed by atoms with Gasteiger partial charge < -0.3 is 9.47 Å². The van der Waals surface area contributed by atoms with Gasteiger partial charge in [-0.1, -0.05) is 24.1 Å². The van der Waals surface area contributed by atoms with Crippen molar-refractivity contribution in [1.29, 1.82) is 5.26 Å². The summed E-state index contributed by atoms with van der Waals surface area (Å²) in [5, 5.41) is 20.2. The molecule has 0 aliphatic heterocycles. The molecule has 2 aromatic rings. The second-order valence-electron chi connectivity index (χ2n) is 5.21. The molecule has 0 saturated heterocycles. The summed E-state index contributed by atoms with van der Waals surface area (Å²) in [6, 6.07) is 11.9. The van der Waals surface area contributed by atoms with E-state index in [1.807, 2.05) is 6.07 Å². The molecule has 0 bridgehead atoms. The number of hydrogen-bond acceptors (Lipinski definition) is 6. The van der Waals surface area contributed by atoms with Crippen LogP contribution in [0.2, 0.25) is 0 Å². The van der Waals surface area contributed by atoms with Crippen molar-refractivity contribution >= 4 is 17.5 Å². The lowest BCUT2D eigenvalue weighted by atomic mass is 10.0. The molecular weight excluding hydrogens is 348 g/mol. The summed E-state index contributed by atoms with van der Waals surface area (Å²) in [6.07, 6.45) is 6.53. The predicted octanol–water partition coefficient (Wildman–Crippen LogP) is 3.41. The summed E-state index contributed by atoms with van der Waals surface area (Å²) < 4.78 is 10.6. The number of terminal acetylenes is 1. The summed E-state index contributed by atoms with van der Waals surface area (Å²) in [7, 11) is 1.45. The lowest BCUT2D eigenvalue weighted by Crippen LogP contribution is -2.03. The number of hydrogen-bond donors (Lipinski definition) is 0. The molecule has 7 heteroatoms. The standard InChI is InChI=1S/C20H14N2O5/c1-3-9-27-18-8-7-14(11-19(18)26-2)10-16(13-21)20(23)15-5-4-6-17(12-15)22(24)25/h1,4-8,10-12H,9H2,2H3/b16-10+. The first-order valence-corrected chi connectivity index (χ1v) is 7.65. The molecule has 0 saturated carbocycles. The Kier molecular flexibility index (Phi) is 6.29. The summed E-state index contributed by atoms with van der Waals surface area (Å²) in [4.78, 5) is 22.8. The van der Waals surface area contributed by atoms with E-state index in [2.05, 4.69) is 5.92 Å². The monoisotopic (exact) mass is 362 g/mol. The molecule has 0 spiro atoms. The van der Waals surface area contributed by atoms with Crippen molar-refractivity contribution in [2.75, 3.05) is 13.7 Å². The van der Waals surface area contributed by atoms with E-state index in [1.165, 1.54) is 31.4 Å². The number of nitro groups is 1. The van der Waals surface area contributed by atoms with Gasteiger partial charge in [0.15, 0.2) is 11.5 Å². The molecule has 0 atom stereocenters. The van der Waals surface area contributed by atoms with Gasteiger partial charge in [0.2, 0.25) is 5.78 Å². The zero-order valence-corrected chi connectivity index (χ0v) is 14.3. The number of non-ortho nitro benzene ring substituents is 1. The molecule has 0 aliphatic carbocycles. The number of nitrogens with zero attached hydrogens (tertiary/aromatic N) is 2. The number of Topliss-reactive ketones (excluding diaryl/α,β-unsaturated/α-hetero) is 1. The van der Waals surface area contributed by atoms with Gasteiger partial charge in [0.05, 0.1) is 12.0 Å². The molecule has 7 nitrogen and oxygen atoms in total. The number of ketones is 1. The van der Waals surface area contributed by atoms with Crippen LogP contribution >= 0.6 is 0 Å². The highest BCUT2D eigenvalue weighted by Crippen LogP contribution is 2.29. The minimum absolute atomic E-state index is 0.0536. The van der Waals surface area contributed by atoms with Gasteiger partial charge in [0.1, 0.15) is 18.2 Å². The molecular formula is C20H14N2O5. The molecule has 0 N–H and O–H groups in total. The zero-order chi connectivity index (χ0) is 19.8. The Morgan fingerprint density at radius 2 is 2.07 bits per heavy atom. The minimum atomic E-state index is -0.618. The number of carbonyl (C=O) groups is 1. The highest BCUT2D eigenvalue weighted by atomic mass is 16.6. The Labute approximate surface area is 155 Å². The summed E-state index contributed by atoms with van der Waals surface area (Å²) in [5.74, 6) is 2.54. The van der Waals surface area contributed by atoms with Crippen LogP contribution in [-0.4, -0.2) is 24.4 Å². The third-order valence-corrected chi connectivity index (χ3v) is 3.49. The van der Waals surface area contributed by atoms with Gasteiger partial charge in [-0.05, 0) is 23.8 Å². The van der Waals surface area contributed by atoms with Gasteiger partial charge in [0, 0.05) is 17.7 Å². The zero-order valence-electron chi connectivity index (χ0n) is 14.3. The highest BCUT2D eigenvalue weighted by molar-refractivity contribution is 6.14. The Hall–Kier alpha value is -4.10. The third-order valence-electron chi connectivity index (χ3n) is 3.49. The maximum atomic E-state index is 12.5. The second kappa shape index (κ2) is 8.84. The SMILES string of the molecule is C#CCOc1ccc(/C=C(\C#N)C(=O)c2cccc([N+](=O)[O-])c2)cc1OC. The number of carbonyl (C=O) groups excluding carboxylic acids is 1. The molecule has 134 valence electrons. The normalized spacial score (nSPS) is 10.4. The van der Waals surface area contributed by atoms with Crippen molar-refractivity contribution in [2.24, 2.45) is 0 Å². The predicted molar refractivity (Wildman–Crippen MR) is 98.3 cm³/mol. The number of nitriles is 1. The third kappa shape index (κ3) is 4.71. The number of ether oxygens (including phenoxy) is 2. The van der Waals surface area contributed by atoms with Crippen molar-refractivity contribution in [3.05, 3.63) is 69.3 Å². The first-order chi connectivity index (χ1) is 13.0. The van der Waals surface area contributed by atoms with E-state index in [1.54, 1.807) is 18.2 Å². The van der Waals surface area contributed by atoms with Crippen LogP contribution in [0, 0.1) is 33.8 Å². The number of benzene rings is 2. The fourth-order valence-electron chi connectivity index (χ4n) is 2.24. The summed E-state index contributed by atoms with van der Waals surface area (Å²) in [6.45, 7) is 0.0697. The van der Waals surface area contributed by atoms with Crippen molar-refractivity contribution in [3.8, 4) is 29.9 Å². The Morgan fingerprint density at radius 3 is 2.70 bits per heavy atom. The lowest BCUT2D eigenvalue weighted by molar-refractivity contribution is -0.384. The average molecular weight is 362 g/mol. The average Bonchev–Trinajstić information content (AvgIpc) is 2.70. The van der Waals surface area contributed by atoms with Crippen molar-refractivity contribution in [1.82, 2.24) is 0 Å². The highest BCUT2D eigenvalue weighted by Gasteiger charge is 2.16. The van der Waals surface area contributed by atoms with Crippen LogP contribution in [0.4, 0.5) is 5.69 Å². The smallest absolute Gasteiger partial charge is 0.270 e. The Bertz CT molecular complexity index is 996. The number of rotatable bonds is 7. The van der Waals surface area contributed by atoms with Crippen LogP contribution in [0.15, 0.2) is 48.0 Å². The Morgan fingerprint density at radius 1 is 1.30 bits per heavy atom. The molecule has 0 fully saturated rings. The molecule has 0 amide bonds. The Balaban J connectivity index is 2.37. The van der Waals surface area contributed by atoms with Gasteiger partial charge in [-0.3, -0.25) is 14.9 Å². The van der Waals surface area contributed by atoms with E-state index in [0.717, 1.165) is 6.07 Å². The fourth-order valence-corrected chi connectivity index (χ4v) is 2.24. The molecule has 2 rings (SSSR count). The van der Waals surface area contributed by atoms with E-state index >= 15 is 0 Å². The van der Waals surface area contributed by atoms with Crippen LogP contribution < -0.4 is 9.47 Å². The molecule has 0 aromatic heterocycles. The largest absolute Gasteiger partial charge is 0.493 e. The fraction of sp³-hybridized carbons (Fsp3) is 0.100. The van der Waals surface area contributed by atoms with E-state index in [0.29, 0.717) is 17.1 Å². The van der Waals surface area contributed by atoms with Crippen LogP contribution in [0.3, 0.4) is 0 Å². The summed E-state index contributed by atoms with van der Waals surface area (Å²) >= 11 is 0. The quantitative estimate of drug-likeness (QED) is 0.187. The first-order valence-electron chi connectivity index (χ1n) is 7.65. The van der Waals surface area contributed by atoms with Gasteiger partial charge in [-0.15, -0.1) is 6.42 Å². The maximum absolute atomic E-state index is 12.5. The topological polar surface area (TPSA) is 102 Å². The number of nitro benzene ring substituents is 1. The number of allylic oxidation sites excluding steroid dienone is 1. The van der Waals surface area contributed by atoms with Crippen LogP contribution in [0.25, 0.3) is 6.08 Å². The van der Waals surface area contributed by atoms with Gasteiger partial charge >= 0.3 is 0 Å². The van der Waals surface area contributed by atoms with Crippen molar-refractivity contribution in [2.45, 2.75) is 0 Å². The molecule has 0 aliphatic rings. The summed E-state index contributed by atoms with van der Waals surface area (Å²) in [5.41, 5.74) is 0.179. The molecule has 0 unspecified atom stereocenters. The molecule has 0 heterocycles. The van der Waals surface area contributed by atoms with Gasteiger partial charge in [-0.25, -0.2) is 0 Å². The lowest BCUT2D eigenvalue weighted by Gasteiger charge is -2.09. The number of methoxy groups -OCH3 is 1. The first kappa shape index (κ1) is 19.2. The van der Waals surface area contributed by atoms with Gasteiger partial charge in [-0.2, -0.15) is 5.26 Å².